The summed E-state index contributed by atoms with van der Waals surface area (Å²) in [4.78, 5) is 17.5. The number of nitrogens with zero attached hydrogens (tertiary/aromatic N) is 3. The van der Waals surface area contributed by atoms with E-state index in [1.807, 2.05) is 42.5 Å². The summed E-state index contributed by atoms with van der Waals surface area (Å²) in [7, 11) is 0. The maximum Gasteiger partial charge on any atom is 0.209 e. The van der Waals surface area contributed by atoms with Crippen molar-refractivity contribution in [1.82, 2.24) is 10.3 Å². The Balaban J connectivity index is 0.00000420. The number of aliphatic imine (C=N–C) groups is 1. The zero-order valence-corrected chi connectivity index (χ0v) is 17.9. The van der Waals surface area contributed by atoms with Gasteiger partial charge in [0.15, 0.2) is 5.84 Å². The van der Waals surface area contributed by atoms with Crippen LogP contribution >= 0.6 is 12.4 Å². The van der Waals surface area contributed by atoms with E-state index in [9.17, 15) is 4.79 Å². The molecule has 2 aromatic carbocycles. The van der Waals surface area contributed by atoms with Gasteiger partial charge in [-0.1, -0.05) is 68.4 Å². The molecule has 0 aliphatic carbocycles. The van der Waals surface area contributed by atoms with E-state index in [0.29, 0.717) is 12.1 Å². The predicted molar refractivity (Wildman–Crippen MR) is 123 cm³/mol. The Hall–Kier alpha value is -2.86. The maximum atomic E-state index is 10.9. The number of hydrazone groups is 1. The van der Waals surface area contributed by atoms with Crippen molar-refractivity contribution in [2.24, 2.45) is 15.8 Å². The van der Waals surface area contributed by atoms with Gasteiger partial charge in [0, 0.05) is 24.2 Å². The van der Waals surface area contributed by atoms with Gasteiger partial charge in [0.1, 0.15) is 6.29 Å². The Morgan fingerprint density at radius 1 is 1.03 bits per heavy atom. The van der Waals surface area contributed by atoms with Crippen molar-refractivity contribution < 1.29 is 4.79 Å². The van der Waals surface area contributed by atoms with Crippen LogP contribution < -0.4 is 11.2 Å². The highest BCUT2D eigenvalue weighted by molar-refractivity contribution is 5.99. The van der Waals surface area contributed by atoms with E-state index in [0.717, 1.165) is 49.2 Å². The molecule has 2 aromatic rings. The topological polar surface area (TPSA) is 83.1 Å². The summed E-state index contributed by atoms with van der Waals surface area (Å²) in [5.41, 5.74) is 11.5. The lowest BCUT2D eigenvalue weighted by molar-refractivity contribution is 0.112. The van der Waals surface area contributed by atoms with Gasteiger partial charge in [-0.05, 0) is 18.4 Å². The largest absolute Gasteiger partial charge is 0.369 e. The minimum atomic E-state index is 0. The van der Waals surface area contributed by atoms with Gasteiger partial charge in [-0.15, -0.1) is 12.4 Å². The molecule has 0 saturated heterocycles. The maximum absolute atomic E-state index is 10.9. The molecule has 3 N–H and O–H groups in total. The van der Waals surface area contributed by atoms with Crippen LogP contribution in [-0.2, 0) is 6.54 Å². The number of rotatable bonds is 9. The fourth-order valence-corrected chi connectivity index (χ4v) is 2.80. The second kappa shape index (κ2) is 13.3. The number of nitrogens with two attached hydrogens (primary N) is 1. The summed E-state index contributed by atoms with van der Waals surface area (Å²) < 4.78 is 0. The fourth-order valence-electron chi connectivity index (χ4n) is 2.80. The van der Waals surface area contributed by atoms with E-state index in [-0.39, 0.29) is 18.4 Å². The van der Waals surface area contributed by atoms with Crippen LogP contribution in [0.15, 0.2) is 64.7 Å². The second-order valence-electron chi connectivity index (χ2n) is 6.46. The summed E-state index contributed by atoms with van der Waals surface area (Å²) in [5.74, 6) is 1.05. The third kappa shape index (κ3) is 7.95. The number of guanidine groups is 1. The smallest absolute Gasteiger partial charge is 0.209 e. The molecule has 0 unspecified atom stereocenters. The van der Waals surface area contributed by atoms with Gasteiger partial charge in [-0.2, -0.15) is 5.10 Å². The van der Waals surface area contributed by atoms with Crippen molar-refractivity contribution in [1.29, 1.82) is 0 Å². The highest BCUT2D eigenvalue weighted by Crippen LogP contribution is 2.09. The van der Waals surface area contributed by atoms with Gasteiger partial charge >= 0.3 is 0 Å². The minimum Gasteiger partial charge on any atom is -0.369 e. The van der Waals surface area contributed by atoms with E-state index >= 15 is 0 Å². The highest BCUT2D eigenvalue weighted by Gasteiger charge is 2.13. The molecule has 0 heterocycles. The first-order chi connectivity index (χ1) is 13.7. The molecule has 29 heavy (non-hydrogen) atoms. The van der Waals surface area contributed by atoms with Crippen LogP contribution in [-0.4, -0.2) is 36.1 Å². The highest BCUT2D eigenvalue weighted by atomic mass is 35.5. The number of carbonyl (C=O) groups is 1. The number of benzene rings is 2. The lowest BCUT2D eigenvalue weighted by atomic mass is 10.1. The molecule has 0 aromatic heterocycles. The molecular formula is C22H30ClN5O. The molecule has 2 rings (SSSR count). The lowest BCUT2D eigenvalue weighted by Gasteiger charge is -2.25. The van der Waals surface area contributed by atoms with E-state index in [2.05, 4.69) is 34.3 Å². The minimum absolute atomic E-state index is 0. The average Bonchev–Trinajstić information content (AvgIpc) is 2.74. The summed E-state index contributed by atoms with van der Waals surface area (Å²) in [6, 6.07) is 17.3. The number of amidine groups is 1. The van der Waals surface area contributed by atoms with Crippen molar-refractivity contribution in [2.75, 3.05) is 13.1 Å². The second-order valence-corrected chi connectivity index (χ2v) is 6.46. The molecule has 0 aliphatic heterocycles. The van der Waals surface area contributed by atoms with Gasteiger partial charge in [0.2, 0.25) is 5.96 Å². The molecule has 156 valence electrons. The fraction of sp³-hybridized carbons (Fsp3) is 0.318. The van der Waals surface area contributed by atoms with Gasteiger partial charge in [-0.25, -0.2) is 10.4 Å². The van der Waals surface area contributed by atoms with Gasteiger partial charge in [0.25, 0.3) is 0 Å². The summed E-state index contributed by atoms with van der Waals surface area (Å²) in [5, 5.41) is 4.55. The van der Waals surface area contributed by atoms with Crippen molar-refractivity contribution in [2.45, 2.75) is 33.2 Å². The third-order valence-electron chi connectivity index (χ3n) is 4.14. The van der Waals surface area contributed by atoms with Crippen molar-refractivity contribution in [3.63, 3.8) is 0 Å². The van der Waals surface area contributed by atoms with Crippen LogP contribution in [0.1, 0.15) is 48.2 Å². The van der Waals surface area contributed by atoms with Crippen LogP contribution in [0.4, 0.5) is 0 Å². The molecule has 0 fully saturated rings. The average molecular weight is 416 g/mol. The van der Waals surface area contributed by atoms with E-state index < -0.39 is 0 Å². The Bertz CT molecular complexity index is 785. The van der Waals surface area contributed by atoms with Gasteiger partial charge < -0.3 is 10.6 Å². The number of hydrogen-bond acceptors (Lipinski definition) is 3. The molecule has 0 bridgehead atoms. The molecular weight excluding hydrogens is 386 g/mol. The molecule has 0 aliphatic rings. The van der Waals surface area contributed by atoms with Crippen LogP contribution in [0.2, 0.25) is 0 Å². The van der Waals surface area contributed by atoms with Gasteiger partial charge in [-0.3, -0.25) is 4.79 Å². The number of nitrogens with one attached hydrogen (secondary N) is 1. The van der Waals surface area contributed by atoms with Crippen molar-refractivity contribution >= 4 is 30.5 Å². The molecule has 0 amide bonds. The summed E-state index contributed by atoms with van der Waals surface area (Å²) in [6.07, 6.45) is 2.84. The van der Waals surface area contributed by atoms with E-state index in [4.69, 9.17) is 5.73 Å². The Labute approximate surface area is 179 Å². The van der Waals surface area contributed by atoms with Gasteiger partial charge in [0.05, 0.1) is 6.54 Å². The van der Waals surface area contributed by atoms with Crippen LogP contribution in [0.25, 0.3) is 0 Å². The first-order valence-corrected chi connectivity index (χ1v) is 9.66. The first kappa shape index (κ1) is 24.2. The molecule has 0 radical (unpaired) electrons. The molecule has 0 atom stereocenters. The SMILES string of the molecule is CCCN(CCC)C(=NNC(N)=NCc1ccccc1)c1ccc(C=O)cc1.Cl. The Morgan fingerprint density at radius 2 is 1.66 bits per heavy atom. The normalized spacial score (nSPS) is 11.5. The third-order valence-corrected chi connectivity index (χ3v) is 4.14. The van der Waals surface area contributed by atoms with Crippen molar-refractivity contribution in [3.05, 3.63) is 71.3 Å². The quantitative estimate of drug-likeness (QED) is 0.282. The summed E-state index contributed by atoms with van der Waals surface area (Å²) in [6.45, 7) is 6.53. The monoisotopic (exact) mass is 415 g/mol. The van der Waals surface area contributed by atoms with Crippen LogP contribution in [0, 0.1) is 0 Å². The number of carbonyl (C=O) groups excluding carboxylic acids is 1. The number of aldehydes is 1. The zero-order chi connectivity index (χ0) is 20.2. The molecule has 0 spiro atoms. The molecule has 7 heteroatoms. The van der Waals surface area contributed by atoms with Crippen molar-refractivity contribution in [3.8, 4) is 0 Å². The zero-order valence-electron chi connectivity index (χ0n) is 17.0. The van der Waals surface area contributed by atoms with Crippen LogP contribution in [0.3, 0.4) is 0 Å². The lowest BCUT2D eigenvalue weighted by Crippen LogP contribution is -2.37. The predicted octanol–water partition coefficient (Wildman–Crippen LogP) is 3.81. The molecule has 6 nitrogen and oxygen atoms in total. The van der Waals surface area contributed by atoms with E-state index in [1.54, 1.807) is 12.1 Å². The molecule has 0 saturated carbocycles. The number of hydrogen-bond donors (Lipinski definition) is 2. The number of halogens is 1. The standard InChI is InChI=1S/C22H29N5O.ClH/c1-3-14-27(15-4-2)21(20-12-10-19(17-28)11-13-20)25-26-22(23)24-16-18-8-6-5-7-9-18;/h5-13,17H,3-4,14-16H2,1-2H3,(H3,23,24,26);1H. The van der Waals surface area contributed by atoms with Crippen LogP contribution in [0.5, 0.6) is 0 Å². The Morgan fingerprint density at radius 3 is 2.21 bits per heavy atom. The van der Waals surface area contributed by atoms with E-state index in [1.165, 1.54) is 0 Å². The Kier molecular flexibility index (Phi) is 11.1. The first-order valence-electron chi connectivity index (χ1n) is 9.66. The summed E-state index contributed by atoms with van der Waals surface area (Å²) >= 11 is 0.